The number of anilines is 1. The fourth-order valence-electron chi connectivity index (χ4n) is 1.89. The normalized spacial score (nSPS) is 10.0. The van der Waals surface area contributed by atoms with E-state index in [9.17, 15) is 9.18 Å². The van der Waals surface area contributed by atoms with Gasteiger partial charge in [0, 0.05) is 13.1 Å². The van der Waals surface area contributed by atoms with E-state index in [1.54, 1.807) is 36.5 Å². The summed E-state index contributed by atoms with van der Waals surface area (Å²) >= 11 is 0. The highest BCUT2D eigenvalue weighted by atomic mass is 19.1. The average Bonchev–Trinajstić information content (AvgIpc) is 2.55. The number of hydrogen-bond donors (Lipinski definition) is 2. The second-order valence-electron chi connectivity index (χ2n) is 4.73. The van der Waals surface area contributed by atoms with Crippen molar-refractivity contribution in [3.8, 4) is 0 Å². The molecule has 22 heavy (non-hydrogen) atoms. The number of nitrogens with zero attached hydrogens (tertiary/aromatic N) is 1. The second kappa shape index (κ2) is 7.93. The molecule has 2 rings (SSSR count). The van der Waals surface area contributed by atoms with Gasteiger partial charge in [0.25, 0.3) is 5.91 Å². The van der Waals surface area contributed by atoms with Gasteiger partial charge in [0.1, 0.15) is 11.5 Å². The molecule has 0 fully saturated rings. The molecule has 0 aliphatic heterocycles. The number of aromatic nitrogens is 1. The van der Waals surface area contributed by atoms with Gasteiger partial charge < -0.3 is 10.6 Å². The molecule has 1 aromatic carbocycles. The third kappa shape index (κ3) is 4.70. The summed E-state index contributed by atoms with van der Waals surface area (Å²) in [6.45, 7) is 4.66. The largest absolute Gasteiger partial charge is 0.383 e. The SMILES string of the molecule is C=CCNC(=O)c1ccc(NCCc2ccc(F)cc2)cn1. The molecule has 2 N–H and O–H groups in total. The Morgan fingerprint density at radius 1 is 1.23 bits per heavy atom. The Morgan fingerprint density at radius 2 is 2.00 bits per heavy atom. The first kappa shape index (κ1) is 15.7. The van der Waals surface area contributed by atoms with Crippen LogP contribution in [0.1, 0.15) is 16.1 Å². The van der Waals surface area contributed by atoms with E-state index in [4.69, 9.17) is 0 Å². The van der Waals surface area contributed by atoms with Gasteiger partial charge in [-0.2, -0.15) is 0 Å². The van der Waals surface area contributed by atoms with Gasteiger partial charge in [-0.1, -0.05) is 18.2 Å². The number of benzene rings is 1. The Labute approximate surface area is 129 Å². The Kier molecular flexibility index (Phi) is 5.65. The van der Waals surface area contributed by atoms with Crippen molar-refractivity contribution >= 4 is 11.6 Å². The Morgan fingerprint density at radius 3 is 2.64 bits per heavy atom. The molecule has 0 unspecified atom stereocenters. The van der Waals surface area contributed by atoms with E-state index in [0.717, 1.165) is 17.7 Å². The maximum Gasteiger partial charge on any atom is 0.270 e. The molecular weight excluding hydrogens is 281 g/mol. The predicted molar refractivity (Wildman–Crippen MR) is 85.4 cm³/mol. The molecule has 0 atom stereocenters. The minimum absolute atomic E-state index is 0.224. The highest BCUT2D eigenvalue weighted by Gasteiger charge is 2.05. The van der Waals surface area contributed by atoms with Crippen molar-refractivity contribution in [1.29, 1.82) is 0 Å². The Bertz CT molecular complexity index is 623. The van der Waals surface area contributed by atoms with Crippen LogP contribution in [-0.4, -0.2) is 24.0 Å². The highest BCUT2D eigenvalue weighted by molar-refractivity contribution is 5.92. The smallest absolute Gasteiger partial charge is 0.270 e. The van der Waals surface area contributed by atoms with Crippen molar-refractivity contribution in [2.75, 3.05) is 18.4 Å². The van der Waals surface area contributed by atoms with E-state index < -0.39 is 0 Å². The summed E-state index contributed by atoms with van der Waals surface area (Å²) in [5.74, 6) is -0.455. The number of rotatable bonds is 7. The van der Waals surface area contributed by atoms with Crippen molar-refractivity contribution in [3.63, 3.8) is 0 Å². The summed E-state index contributed by atoms with van der Waals surface area (Å²) in [6, 6.07) is 9.91. The van der Waals surface area contributed by atoms with E-state index in [2.05, 4.69) is 22.2 Å². The van der Waals surface area contributed by atoms with Crippen molar-refractivity contribution in [2.45, 2.75) is 6.42 Å². The number of hydrogen-bond acceptors (Lipinski definition) is 3. The van der Waals surface area contributed by atoms with Gasteiger partial charge in [-0.25, -0.2) is 9.37 Å². The van der Waals surface area contributed by atoms with Gasteiger partial charge in [0.15, 0.2) is 0 Å². The highest BCUT2D eigenvalue weighted by Crippen LogP contribution is 2.08. The van der Waals surface area contributed by atoms with Crippen LogP contribution in [0.4, 0.5) is 10.1 Å². The van der Waals surface area contributed by atoms with Crippen LogP contribution in [0, 0.1) is 5.82 Å². The van der Waals surface area contributed by atoms with Crippen molar-refractivity contribution in [2.24, 2.45) is 0 Å². The van der Waals surface area contributed by atoms with Crippen LogP contribution in [0.3, 0.4) is 0 Å². The lowest BCUT2D eigenvalue weighted by Gasteiger charge is -2.07. The first-order chi connectivity index (χ1) is 10.7. The molecule has 0 spiro atoms. The van der Waals surface area contributed by atoms with Crippen LogP contribution in [0.2, 0.25) is 0 Å². The van der Waals surface area contributed by atoms with Crippen LogP contribution in [0.25, 0.3) is 0 Å². The van der Waals surface area contributed by atoms with E-state index in [-0.39, 0.29) is 11.7 Å². The number of pyridine rings is 1. The molecule has 114 valence electrons. The molecule has 0 bridgehead atoms. The molecule has 2 aromatic rings. The number of carbonyl (C=O) groups excluding carboxylic acids is 1. The molecule has 0 radical (unpaired) electrons. The van der Waals surface area contributed by atoms with E-state index >= 15 is 0 Å². The lowest BCUT2D eigenvalue weighted by molar-refractivity contribution is 0.0953. The lowest BCUT2D eigenvalue weighted by Crippen LogP contribution is -2.24. The van der Waals surface area contributed by atoms with E-state index in [1.807, 2.05) is 0 Å². The maximum atomic E-state index is 12.8. The topological polar surface area (TPSA) is 54.0 Å². The monoisotopic (exact) mass is 299 g/mol. The van der Waals surface area contributed by atoms with Crippen LogP contribution >= 0.6 is 0 Å². The van der Waals surface area contributed by atoms with E-state index in [1.165, 1.54) is 12.1 Å². The van der Waals surface area contributed by atoms with Gasteiger partial charge in [-0.15, -0.1) is 6.58 Å². The summed E-state index contributed by atoms with van der Waals surface area (Å²) in [7, 11) is 0. The van der Waals surface area contributed by atoms with Gasteiger partial charge in [-0.05, 0) is 36.2 Å². The number of carbonyl (C=O) groups is 1. The van der Waals surface area contributed by atoms with Gasteiger partial charge in [0.05, 0.1) is 11.9 Å². The Hall–Kier alpha value is -2.69. The standard InChI is InChI=1S/C17H18FN3O/c1-2-10-20-17(22)16-8-7-15(12-21-16)19-11-9-13-3-5-14(18)6-4-13/h2-8,12,19H,1,9-11H2,(H,20,22). The molecule has 0 saturated heterocycles. The van der Waals surface area contributed by atoms with Crippen molar-refractivity contribution in [1.82, 2.24) is 10.3 Å². The second-order valence-corrected chi connectivity index (χ2v) is 4.73. The minimum Gasteiger partial charge on any atom is -0.383 e. The van der Waals surface area contributed by atoms with Gasteiger partial charge in [-0.3, -0.25) is 4.79 Å². The molecular formula is C17H18FN3O. The van der Waals surface area contributed by atoms with Gasteiger partial charge >= 0.3 is 0 Å². The fraction of sp³-hybridized carbons (Fsp3) is 0.176. The summed E-state index contributed by atoms with van der Waals surface area (Å²) in [4.78, 5) is 15.8. The summed E-state index contributed by atoms with van der Waals surface area (Å²) in [5, 5.41) is 5.88. The Balaban J connectivity index is 1.82. The van der Waals surface area contributed by atoms with Gasteiger partial charge in [0.2, 0.25) is 0 Å². The maximum absolute atomic E-state index is 12.8. The third-order valence-corrected chi connectivity index (χ3v) is 3.06. The summed E-state index contributed by atoms with van der Waals surface area (Å²) in [5.41, 5.74) is 2.26. The van der Waals surface area contributed by atoms with Crippen LogP contribution in [0.15, 0.2) is 55.3 Å². The quantitative estimate of drug-likeness (QED) is 0.773. The molecule has 1 aromatic heterocycles. The average molecular weight is 299 g/mol. The molecule has 1 heterocycles. The van der Waals surface area contributed by atoms with Crippen molar-refractivity contribution < 1.29 is 9.18 Å². The van der Waals surface area contributed by atoms with Crippen LogP contribution < -0.4 is 10.6 Å². The predicted octanol–water partition coefficient (Wildman–Crippen LogP) is 2.79. The van der Waals surface area contributed by atoms with Crippen LogP contribution in [0.5, 0.6) is 0 Å². The molecule has 0 saturated carbocycles. The zero-order chi connectivity index (χ0) is 15.8. The zero-order valence-electron chi connectivity index (χ0n) is 12.2. The number of nitrogens with one attached hydrogen (secondary N) is 2. The number of halogens is 1. The molecule has 1 amide bonds. The number of amides is 1. The molecule has 4 nitrogen and oxygen atoms in total. The lowest BCUT2D eigenvalue weighted by atomic mass is 10.1. The first-order valence-corrected chi connectivity index (χ1v) is 7.02. The fourth-order valence-corrected chi connectivity index (χ4v) is 1.89. The first-order valence-electron chi connectivity index (χ1n) is 7.02. The molecule has 5 heteroatoms. The summed E-state index contributed by atoms with van der Waals surface area (Å²) in [6.07, 6.45) is 4.01. The van der Waals surface area contributed by atoms with Crippen molar-refractivity contribution in [3.05, 3.63) is 72.3 Å². The summed E-state index contributed by atoms with van der Waals surface area (Å²) < 4.78 is 12.8. The zero-order valence-corrected chi connectivity index (χ0v) is 12.2. The van der Waals surface area contributed by atoms with E-state index in [0.29, 0.717) is 18.8 Å². The molecule has 0 aliphatic rings. The minimum atomic E-state index is -0.230. The molecule has 0 aliphatic carbocycles. The third-order valence-electron chi connectivity index (χ3n) is 3.06. The van der Waals surface area contributed by atoms with Crippen LogP contribution in [-0.2, 0) is 6.42 Å².